The van der Waals surface area contributed by atoms with E-state index in [1.54, 1.807) is 13.3 Å². The highest BCUT2D eigenvalue weighted by molar-refractivity contribution is 5.78. The van der Waals surface area contributed by atoms with Crippen molar-refractivity contribution in [3.63, 3.8) is 0 Å². The Hall–Kier alpha value is -1.57. The Morgan fingerprint density at radius 3 is 2.28 bits per heavy atom. The quantitative estimate of drug-likeness (QED) is 0.490. The second-order valence-corrected chi connectivity index (χ2v) is 4.77. The fourth-order valence-corrected chi connectivity index (χ4v) is 1.70. The standard InChI is InChI=1S/C16H26N2/c1-9-16(15(6)18(8)12(2)3)14(5)10-13(4)11-17-7/h9,11-12H,1,4,6,10H2,2-3,5,7-8H3/b16-14-,17-11-. The van der Waals surface area contributed by atoms with Crippen molar-refractivity contribution in [1.82, 2.24) is 4.90 Å². The number of nitrogens with zero attached hydrogens (tertiary/aromatic N) is 2. The lowest BCUT2D eigenvalue weighted by molar-refractivity contribution is 0.352. The van der Waals surface area contributed by atoms with Gasteiger partial charge in [0, 0.05) is 32.0 Å². The molecule has 0 aromatic carbocycles. The second-order valence-electron chi connectivity index (χ2n) is 4.77. The van der Waals surface area contributed by atoms with Gasteiger partial charge in [-0.3, -0.25) is 4.99 Å². The maximum absolute atomic E-state index is 4.15. The van der Waals surface area contributed by atoms with Crippen LogP contribution in [0.15, 0.2) is 53.2 Å². The number of allylic oxidation sites excluding steroid dienone is 3. The van der Waals surface area contributed by atoms with Crippen molar-refractivity contribution in [2.24, 2.45) is 4.99 Å². The zero-order chi connectivity index (χ0) is 14.3. The van der Waals surface area contributed by atoms with Gasteiger partial charge >= 0.3 is 0 Å². The van der Waals surface area contributed by atoms with E-state index in [0.717, 1.165) is 23.3 Å². The van der Waals surface area contributed by atoms with Crippen molar-refractivity contribution in [2.45, 2.75) is 33.2 Å². The van der Waals surface area contributed by atoms with Crippen molar-refractivity contribution in [3.8, 4) is 0 Å². The zero-order valence-electron chi connectivity index (χ0n) is 12.5. The molecule has 2 heteroatoms. The van der Waals surface area contributed by atoms with Crippen LogP contribution < -0.4 is 0 Å². The van der Waals surface area contributed by atoms with E-state index in [2.05, 4.69) is 50.4 Å². The lowest BCUT2D eigenvalue weighted by Gasteiger charge is -2.27. The van der Waals surface area contributed by atoms with Gasteiger partial charge in [0.15, 0.2) is 0 Å². The molecule has 2 nitrogen and oxygen atoms in total. The predicted molar refractivity (Wildman–Crippen MR) is 83.1 cm³/mol. The first-order valence-corrected chi connectivity index (χ1v) is 6.19. The number of aliphatic imine (C=N–C) groups is 1. The minimum absolute atomic E-state index is 0.417. The second kappa shape index (κ2) is 7.70. The first-order valence-electron chi connectivity index (χ1n) is 6.19. The average Bonchev–Trinajstić information content (AvgIpc) is 2.28. The van der Waals surface area contributed by atoms with Gasteiger partial charge in [-0.15, -0.1) is 0 Å². The molecule has 0 saturated heterocycles. The normalized spacial score (nSPS) is 12.6. The summed E-state index contributed by atoms with van der Waals surface area (Å²) < 4.78 is 0. The Morgan fingerprint density at radius 2 is 1.89 bits per heavy atom. The monoisotopic (exact) mass is 246 g/mol. The maximum Gasteiger partial charge on any atom is 0.0365 e. The molecule has 18 heavy (non-hydrogen) atoms. The maximum atomic E-state index is 4.15. The highest BCUT2D eigenvalue weighted by atomic mass is 15.1. The molecule has 0 radical (unpaired) electrons. The van der Waals surface area contributed by atoms with Crippen LogP contribution in [0, 0.1) is 0 Å². The van der Waals surface area contributed by atoms with Crippen molar-refractivity contribution in [1.29, 1.82) is 0 Å². The Morgan fingerprint density at radius 1 is 1.33 bits per heavy atom. The fourth-order valence-electron chi connectivity index (χ4n) is 1.70. The minimum atomic E-state index is 0.417. The Bertz CT molecular complexity index is 384. The van der Waals surface area contributed by atoms with Crippen molar-refractivity contribution in [2.75, 3.05) is 14.1 Å². The molecule has 0 aromatic rings. The summed E-state index contributed by atoms with van der Waals surface area (Å²) in [6, 6.07) is 0.417. The molecule has 100 valence electrons. The van der Waals surface area contributed by atoms with E-state index in [0.29, 0.717) is 6.04 Å². The Kier molecular flexibility index (Phi) is 7.03. The van der Waals surface area contributed by atoms with Gasteiger partial charge in [-0.25, -0.2) is 0 Å². The lowest BCUT2D eigenvalue weighted by atomic mass is 10.00. The van der Waals surface area contributed by atoms with E-state index in [-0.39, 0.29) is 0 Å². The van der Waals surface area contributed by atoms with Gasteiger partial charge in [-0.05, 0) is 38.3 Å². The van der Waals surface area contributed by atoms with Crippen LogP contribution in [0.4, 0.5) is 0 Å². The van der Waals surface area contributed by atoms with Crippen LogP contribution in [0.3, 0.4) is 0 Å². The van der Waals surface area contributed by atoms with Crippen LogP contribution in [0.5, 0.6) is 0 Å². The van der Waals surface area contributed by atoms with E-state index >= 15 is 0 Å². The van der Waals surface area contributed by atoms with E-state index in [1.807, 2.05) is 13.1 Å². The lowest BCUT2D eigenvalue weighted by Crippen LogP contribution is -2.26. The number of rotatable bonds is 7. The third-order valence-electron chi connectivity index (χ3n) is 2.98. The van der Waals surface area contributed by atoms with Crippen LogP contribution >= 0.6 is 0 Å². The van der Waals surface area contributed by atoms with Crippen molar-refractivity contribution < 1.29 is 0 Å². The molecular weight excluding hydrogens is 220 g/mol. The molecule has 0 unspecified atom stereocenters. The molecule has 0 bridgehead atoms. The molecule has 0 spiro atoms. The third-order valence-corrected chi connectivity index (χ3v) is 2.98. The smallest absolute Gasteiger partial charge is 0.0365 e. The van der Waals surface area contributed by atoms with Crippen LogP contribution in [-0.4, -0.2) is 31.3 Å². The zero-order valence-corrected chi connectivity index (χ0v) is 12.5. The molecule has 0 aliphatic heterocycles. The van der Waals surface area contributed by atoms with Gasteiger partial charge in [0.05, 0.1) is 0 Å². The van der Waals surface area contributed by atoms with Gasteiger partial charge in [0.1, 0.15) is 0 Å². The molecule has 0 aliphatic rings. The highest BCUT2D eigenvalue weighted by Crippen LogP contribution is 2.22. The number of hydrogen-bond acceptors (Lipinski definition) is 2. The predicted octanol–water partition coefficient (Wildman–Crippen LogP) is 3.99. The van der Waals surface area contributed by atoms with Crippen molar-refractivity contribution in [3.05, 3.63) is 48.2 Å². The molecular formula is C16H26N2. The topological polar surface area (TPSA) is 15.6 Å². The van der Waals surface area contributed by atoms with Gasteiger partial charge in [0.2, 0.25) is 0 Å². The minimum Gasteiger partial charge on any atom is -0.372 e. The summed E-state index contributed by atoms with van der Waals surface area (Å²) in [5.74, 6) is 0. The third kappa shape index (κ3) is 4.74. The summed E-state index contributed by atoms with van der Waals surface area (Å²) in [5.41, 5.74) is 4.30. The summed E-state index contributed by atoms with van der Waals surface area (Å²) in [7, 11) is 3.80. The first-order chi connectivity index (χ1) is 8.34. The number of hydrogen-bond donors (Lipinski definition) is 0. The van der Waals surface area contributed by atoms with Gasteiger partial charge < -0.3 is 4.90 Å². The van der Waals surface area contributed by atoms with Gasteiger partial charge in [0.25, 0.3) is 0 Å². The highest BCUT2D eigenvalue weighted by Gasteiger charge is 2.11. The van der Waals surface area contributed by atoms with Crippen LogP contribution in [0.25, 0.3) is 0 Å². The Labute approximate surface area is 112 Å². The van der Waals surface area contributed by atoms with Crippen molar-refractivity contribution >= 4 is 6.21 Å². The van der Waals surface area contributed by atoms with Gasteiger partial charge in [-0.1, -0.05) is 31.4 Å². The Balaban J connectivity index is 5.10. The van der Waals surface area contributed by atoms with E-state index < -0.39 is 0 Å². The fraction of sp³-hybridized carbons (Fsp3) is 0.438. The summed E-state index contributed by atoms with van der Waals surface area (Å²) in [6.45, 7) is 18.4. The summed E-state index contributed by atoms with van der Waals surface area (Å²) in [4.78, 5) is 6.13. The molecule has 0 aliphatic carbocycles. The molecule has 0 amide bonds. The molecule has 0 atom stereocenters. The average molecular weight is 246 g/mol. The molecule has 0 aromatic heterocycles. The van der Waals surface area contributed by atoms with E-state index in [4.69, 9.17) is 0 Å². The summed E-state index contributed by atoms with van der Waals surface area (Å²) in [6.07, 6.45) is 4.45. The van der Waals surface area contributed by atoms with Gasteiger partial charge in [-0.2, -0.15) is 0 Å². The molecule has 0 saturated carbocycles. The summed E-state index contributed by atoms with van der Waals surface area (Å²) in [5, 5.41) is 0. The van der Waals surface area contributed by atoms with E-state index in [9.17, 15) is 0 Å². The first kappa shape index (κ1) is 16.4. The molecule has 0 rings (SSSR count). The largest absolute Gasteiger partial charge is 0.372 e. The molecule has 0 fully saturated rings. The van der Waals surface area contributed by atoms with Crippen LogP contribution in [0.1, 0.15) is 27.2 Å². The molecule has 0 heterocycles. The number of likely N-dealkylation sites (N-methyl/N-ethyl adjacent to an activating group) is 1. The SMILES string of the molecule is C=C/C(C(=C)N(C)C(C)C)=C(\C)CC(=C)/C=N\C. The molecule has 0 N–H and O–H groups in total. The van der Waals surface area contributed by atoms with Crippen LogP contribution in [0.2, 0.25) is 0 Å². The van der Waals surface area contributed by atoms with E-state index in [1.165, 1.54) is 5.57 Å². The summed E-state index contributed by atoms with van der Waals surface area (Å²) >= 11 is 0. The van der Waals surface area contributed by atoms with Crippen LogP contribution in [-0.2, 0) is 0 Å².